The van der Waals surface area contributed by atoms with E-state index in [-0.39, 0.29) is 0 Å². The standard InChI is InChI=1S/C13H14O/c1-4-13(14)11(3)9-12-7-5-10(2)6-8-12/h1,5-9,13-14H,2-3H3/b11-9-. The summed E-state index contributed by atoms with van der Waals surface area (Å²) in [5.74, 6) is 2.28. The molecule has 0 bridgehead atoms. The summed E-state index contributed by atoms with van der Waals surface area (Å²) < 4.78 is 0. The zero-order chi connectivity index (χ0) is 10.6. The van der Waals surface area contributed by atoms with Gasteiger partial charge in [0.2, 0.25) is 0 Å². The lowest BCUT2D eigenvalue weighted by Crippen LogP contribution is -2.03. The molecule has 0 fully saturated rings. The van der Waals surface area contributed by atoms with Crippen LogP contribution in [0.3, 0.4) is 0 Å². The third-order valence-electron chi connectivity index (χ3n) is 2.06. The van der Waals surface area contributed by atoms with Crippen molar-refractivity contribution >= 4 is 6.08 Å². The van der Waals surface area contributed by atoms with Crippen LogP contribution < -0.4 is 0 Å². The highest BCUT2D eigenvalue weighted by molar-refractivity contribution is 5.54. The number of aliphatic hydroxyl groups excluding tert-OH is 1. The zero-order valence-electron chi connectivity index (χ0n) is 8.49. The molecule has 0 heterocycles. The second-order valence-corrected chi connectivity index (χ2v) is 3.37. The fourth-order valence-corrected chi connectivity index (χ4v) is 1.14. The number of benzene rings is 1. The fourth-order valence-electron chi connectivity index (χ4n) is 1.14. The highest BCUT2D eigenvalue weighted by Crippen LogP contribution is 2.10. The fraction of sp³-hybridized carbons (Fsp3) is 0.231. The lowest BCUT2D eigenvalue weighted by Gasteiger charge is -2.03. The highest BCUT2D eigenvalue weighted by Gasteiger charge is 2.00. The molecule has 1 nitrogen and oxygen atoms in total. The number of aliphatic hydroxyl groups is 1. The second kappa shape index (κ2) is 4.64. The maximum absolute atomic E-state index is 9.34. The van der Waals surface area contributed by atoms with Gasteiger partial charge >= 0.3 is 0 Å². The van der Waals surface area contributed by atoms with Crippen molar-refractivity contribution in [2.45, 2.75) is 20.0 Å². The van der Waals surface area contributed by atoms with Crippen LogP contribution in [0, 0.1) is 19.3 Å². The Morgan fingerprint density at radius 3 is 2.50 bits per heavy atom. The molecular weight excluding hydrogens is 172 g/mol. The Bertz CT molecular complexity index is 365. The smallest absolute Gasteiger partial charge is 0.136 e. The minimum absolute atomic E-state index is 0.781. The topological polar surface area (TPSA) is 20.2 Å². The summed E-state index contributed by atoms with van der Waals surface area (Å²) in [5, 5.41) is 9.34. The van der Waals surface area contributed by atoms with Gasteiger partial charge in [-0.2, -0.15) is 0 Å². The highest BCUT2D eigenvalue weighted by atomic mass is 16.3. The summed E-state index contributed by atoms with van der Waals surface area (Å²) in [7, 11) is 0. The Morgan fingerprint density at radius 2 is 2.00 bits per heavy atom. The van der Waals surface area contributed by atoms with Crippen LogP contribution in [0.2, 0.25) is 0 Å². The van der Waals surface area contributed by atoms with E-state index in [9.17, 15) is 5.11 Å². The zero-order valence-corrected chi connectivity index (χ0v) is 8.49. The Morgan fingerprint density at radius 1 is 1.43 bits per heavy atom. The van der Waals surface area contributed by atoms with Gasteiger partial charge in [-0.1, -0.05) is 41.8 Å². The Hall–Kier alpha value is -1.52. The molecule has 1 aromatic rings. The SMILES string of the molecule is C#CC(O)/C(C)=C\c1ccc(C)cc1. The first-order valence-electron chi connectivity index (χ1n) is 4.52. The summed E-state index contributed by atoms with van der Waals surface area (Å²) in [6.45, 7) is 3.86. The number of terminal acetylenes is 1. The van der Waals surface area contributed by atoms with Gasteiger partial charge in [0.25, 0.3) is 0 Å². The summed E-state index contributed by atoms with van der Waals surface area (Å²) >= 11 is 0. The van der Waals surface area contributed by atoms with E-state index in [1.807, 2.05) is 44.2 Å². The molecule has 1 rings (SSSR count). The van der Waals surface area contributed by atoms with Gasteiger partial charge in [0.15, 0.2) is 0 Å². The Balaban J connectivity index is 2.88. The predicted octanol–water partition coefficient (Wildman–Crippen LogP) is 2.39. The first kappa shape index (κ1) is 10.6. The van der Waals surface area contributed by atoms with Gasteiger partial charge in [-0.15, -0.1) is 6.42 Å². The molecule has 0 amide bonds. The van der Waals surface area contributed by atoms with E-state index in [4.69, 9.17) is 6.42 Å². The molecule has 0 saturated heterocycles. The van der Waals surface area contributed by atoms with E-state index in [0.29, 0.717) is 0 Å². The molecule has 0 aliphatic rings. The second-order valence-electron chi connectivity index (χ2n) is 3.37. The van der Waals surface area contributed by atoms with Gasteiger partial charge in [0, 0.05) is 0 Å². The molecule has 0 aliphatic carbocycles. The summed E-state index contributed by atoms with van der Waals surface area (Å²) in [4.78, 5) is 0. The molecule has 1 aromatic carbocycles. The van der Waals surface area contributed by atoms with Crippen molar-refractivity contribution in [1.82, 2.24) is 0 Å². The van der Waals surface area contributed by atoms with Crippen LogP contribution in [-0.4, -0.2) is 11.2 Å². The van der Waals surface area contributed by atoms with Crippen molar-refractivity contribution in [3.63, 3.8) is 0 Å². The monoisotopic (exact) mass is 186 g/mol. The molecule has 14 heavy (non-hydrogen) atoms. The number of hydrogen-bond donors (Lipinski definition) is 1. The maximum atomic E-state index is 9.34. The molecule has 0 radical (unpaired) electrons. The van der Waals surface area contributed by atoms with Gasteiger partial charge in [0.05, 0.1) is 0 Å². The Labute approximate surface area is 85.1 Å². The average Bonchev–Trinajstić information content (AvgIpc) is 2.20. The third-order valence-corrected chi connectivity index (χ3v) is 2.06. The first-order valence-corrected chi connectivity index (χ1v) is 4.52. The molecule has 0 spiro atoms. The first-order chi connectivity index (χ1) is 6.63. The van der Waals surface area contributed by atoms with Crippen LogP contribution in [-0.2, 0) is 0 Å². The van der Waals surface area contributed by atoms with Crippen molar-refractivity contribution in [3.8, 4) is 12.3 Å². The van der Waals surface area contributed by atoms with Crippen molar-refractivity contribution < 1.29 is 5.11 Å². The van der Waals surface area contributed by atoms with E-state index >= 15 is 0 Å². The van der Waals surface area contributed by atoms with Gasteiger partial charge in [-0.3, -0.25) is 0 Å². The van der Waals surface area contributed by atoms with Gasteiger partial charge in [-0.05, 0) is 25.0 Å². The number of aryl methyl sites for hydroxylation is 1. The van der Waals surface area contributed by atoms with Crippen LogP contribution in [0.4, 0.5) is 0 Å². The largest absolute Gasteiger partial charge is 0.376 e. The van der Waals surface area contributed by atoms with E-state index < -0.39 is 6.10 Å². The molecule has 1 atom stereocenters. The lowest BCUT2D eigenvalue weighted by atomic mass is 10.1. The molecule has 1 unspecified atom stereocenters. The van der Waals surface area contributed by atoms with Crippen molar-refractivity contribution in [2.75, 3.05) is 0 Å². The normalized spacial score (nSPS) is 13.4. The van der Waals surface area contributed by atoms with Crippen LogP contribution >= 0.6 is 0 Å². The van der Waals surface area contributed by atoms with Gasteiger partial charge in [0.1, 0.15) is 6.10 Å². The molecule has 0 aliphatic heterocycles. The maximum Gasteiger partial charge on any atom is 0.136 e. The summed E-state index contributed by atoms with van der Waals surface area (Å²) in [6.07, 6.45) is 6.22. The average molecular weight is 186 g/mol. The summed E-state index contributed by atoms with van der Waals surface area (Å²) in [6, 6.07) is 8.06. The minimum atomic E-state index is -0.781. The molecule has 1 N–H and O–H groups in total. The minimum Gasteiger partial charge on any atom is -0.376 e. The van der Waals surface area contributed by atoms with Crippen LogP contribution in [0.5, 0.6) is 0 Å². The number of rotatable bonds is 2. The molecule has 72 valence electrons. The predicted molar refractivity (Wildman–Crippen MR) is 59.7 cm³/mol. The lowest BCUT2D eigenvalue weighted by molar-refractivity contribution is 0.269. The van der Waals surface area contributed by atoms with Gasteiger partial charge < -0.3 is 5.11 Å². The van der Waals surface area contributed by atoms with Crippen molar-refractivity contribution in [2.24, 2.45) is 0 Å². The van der Waals surface area contributed by atoms with Gasteiger partial charge in [-0.25, -0.2) is 0 Å². The van der Waals surface area contributed by atoms with E-state index in [2.05, 4.69) is 5.92 Å². The van der Waals surface area contributed by atoms with E-state index in [1.54, 1.807) is 0 Å². The summed E-state index contributed by atoms with van der Waals surface area (Å²) in [5.41, 5.74) is 3.07. The third kappa shape index (κ3) is 2.76. The van der Waals surface area contributed by atoms with Crippen molar-refractivity contribution in [1.29, 1.82) is 0 Å². The van der Waals surface area contributed by atoms with E-state index in [1.165, 1.54) is 5.56 Å². The Kier molecular flexibility index (Phi) is 3.50. The molecule has 1 heteroatoms. The van der Waals surface area contributed by atoms with E-state index in [0.717, 1.165) is 11.1 Å². The molecular formula is C13H14O. The molecule has 0 saturated carbocycles. The van der Waals surface area contributed by atoms with Crippen LogP contribution in [0.25, 0.3) is 6.08 Å². The van der Waals surface area contributed by atoms with Crippen molar-refractivity contribution in [3.05, 3.63) is 41.0 Å². The van der Waals surface area contributed by atoms with Crippen LogP contribution in [0.15, 0.2) is 29.8 Å². The molecule has 0 aromatic heterocycles. The van der Waals surface area contributed by atoms with Crippen LogP contribution in [0.1, 0.15) is 18.1 Å². The quantitative estimate of drug-likeness (QED) is 0.703. The number of hydrogen-bond acceptors (Lipinski definition) is 1.